The van der Waals surface area contributed by atoms with E-state index in [1.54, 1.807) is 0 Å². The van der Waals surface area contributed by atoms with E-state index in [9.17, 15) is 0 Å². The quantitative estimate of drug-likeness (QED) is 0.584. The largest absolute Gasteiger partial charge is 0.454 e. The molecule has 0 radical (unpaired) electrons. The summed E-state index contributed by atoms with van der Waals surface area (Å²) in [7, 11) is 0. The molecule has 2 N–H and O–H groups in total. The van der Waals surface area contributed by atoms with Gasteiger partial charge in [0.2, 0.25) is 6.79 Å². The molecule has 1 aliphatic heterocycles. The van der Waals surface area contributed by atoms with Crippen LogP contribution in [0.2, 0.25) is 0 Å². The van der Waals surface area contributed by atoms with Crippen molar-refractivity contribution in [2.24, 2.45) is 16.1 Å². The van der Waals surface area contributed by atoms with Gasteiger partial charge in [0.15, 0.2) is 11.5 Å². The normalized spacial score (nSPS) is 15.3. The molecule has 0 saturated heterocycles. The zero-order valence-electron chi connectivity index (χ0n) is 9.78. The van der Waals surface area contributed by atoms with Gasteiger partial charge in [-0.05, 0) is 12.1 Å². The summed E-state index contributed by atoms with van der Waals surface area (Å²) in [6, 6.07) is 5.55. The van der Waals surface area contributed by atoms with Gasteiger partial charge in [-0.15, -0.1) is 0 Å². The Morgan fingerprint density at radius 3 is 2.62 bits per heavy atom. The Bertz CT molecular complexity index is 433. The number of hydrogen-bond donors (Lipinski definition) is 1. The van der Waals surface area contributed by atoms with E-state index in [0.29, 0.717) is 5.84 Å². The number of fused-ring (bicyclic) bond motifs is 1. The monoisotopic (exact) mass is 220 g/mol. The predicted octanol–water partition coefficient (Wildman–Crippen LogP) is 2.45. The maximum absolute atomic E-state index is 5.91. The van der Waals surface area contributed by atoms with Gasteiger partial charge >= 0.3 is 0 Å². The van der Waals surface area contributed by atoms with Crippen LogP contribution >= 0.6 is 0 Å². The zero-order valence-corrected chi connectivity index (χ0v) is 9.78. The van der Waals surface area contributed by atoms with Crippen molar-refractivity contribution in [2.45, 2.75) is 20.8 Å². The fraction of sp³-hybridized carbons (Fsp3) is 0.417. The van der Waals surface area contributed by atoms with Crippen molar-refractivity contribution in [3.8, 4) is 11.5 Å². The lowest BCUT2D eigenvalue weighted by Crippen LogP contribution is -2.28. The third-order valence-corrected chi connectivity index (χ3v) is 2.37. The lowest BCUT2D eigenvalue weighted by atomic mass is 9.95. The lowest BCUT2D eigenvalue weighted by molar-refractivity contribution is 0.174. The second-order valence-electron chi connectivity index (χ2n) is 4.78. The van der Waals surface area contributed by atoms with E-state index < -0.39 is 0 Å². The predicted molar refractivity (Wildman–Crippen MR) is 63.3 cm³/mol. The first-order valence-electron chi connectivity index (χ1n) is 5.21. The Morgan fingerprint density at radius 1 is 1.25 bits per heavy atom. The van der Waals surface area contributed by atoms with Crippen LogP contribution in [0, 0.1) is 5.41 Å². The van der Waals surface area contributed by atoms with Gasteiger partial charge in [-0.1, -0.05) is 20.8 Å². The number of amidine groups is 1. The zero-order chi connectivity index (χ0) is 11.8. The fourth-order valence-corrected chi connectivity index (χ4v) is 1.26. The van der Waals surface area contributed by atoms with Crippen LogP contribution in [0.4, 0.5) is 5.69 Å². The van der Waals surface area contributed by atoms with Gasteiger partial charge in [0.05, 0.1) is 5.69 Å². The van der Waals surface area contributed by atoms with Crippen molar-refractivity contribution in [3.05, 3.63) is 18.2 Å². The first kappa shape index (κ1) is 10.8. The molecular formula is C12H16N2O2. The minimum atomic E-state index is -0.129. The smallest absolute Gasteiger partial charge is 0.231 e. The van der Waals surface area contributed by atoms with E-state index in [1.165, 1.54) is 0 Å². The van der Waals surface area contributed by atoms with Gasteiger partial charge in [-0.3, -0.25) is 0 Å². The number of nitrogens with two attached hydrogens (primary N) is 1. The van der Waals surface area contributed by atoms with Crippen LogP contribution in [0.5, 0.6) is 11.5 Å². The molecule has 4 heteroatoms. The summed E-state index contributed by atoms with van der Waals surface area (Å²) in [5.41, 5.74) is 6.57. The van der Waals surface area contributed by atoms with Crippen LogP contribution in [-0.2, 0) is 0 Å². The molecule has 0 unspecified atom stereocenters. The van der Waals surface area contributed by atoms with Crippen LogP contribution in [0.1, 0.15) is 20.8 Å². The number of hydrogen-bond acceptors (Lipinski definition) is 3. The first-order valence-corrected chi connectivity index (χ1v) is 5.21. The Morgan fingerprint density at radius 2 is 1.94 bits per heavy atom. The summed E-state index contributed by atoms with van der Waals surface area (Å²) >= 11 is 0. The van der Waals surface area contributed by atoms with Crippen molar-refractivity contribution in [3.63, 3.8) is 0 Å². The third-order valence-electron chi connectivity index (χ3n) is 2.37. The highest BCUT2D eigenvalue weighted by molar-refractivity contribution is 5.87. The van der Waals surface area contributed by atoms with E-state index in [-0.39, 0.29) is 12.2 Å². The van der Waals surface area contributed by atoms with Crippen molar-refractivity contribution < 1.29 is 9.47 Å². The summed E-state index contributed by atoms with van der Waals surface area (Å²) in [6.45, 7) is 6.35. The maximum Gasteiger partial charge on any atom is 0.231 e. The molecule has 0 atom stereocenters. The summed E-state index contributed by atoms with van der Waals surface area (Å²) in [5.74, 6) is 2.09. The van der Waals surface area contributed by atoms with Crippen molar-refractivity contribution in [1.29, 1.82) is 0 Å². The molecular weight excluding hydrogens is 204 g/mol. The van der Waals surface area contributed by atoms with E-state index in [0.717, 1.165) is 17.2 Å². The molecule has 86 valence electrons. The SMILES string of the molecule is CC(C)(C)C(N)=Nc1ccc2c(c1)OCO2. The molecule has 0 bridgehead atoms. The number of rotatable bonds is 1. The highest BCUT2D eigenvalue weighted by Crippen LogP contribution is 2.35. The summed E-state index contributed by atoms with van der Waals surface area (Å²) < 4.78 is 10.5. The van der Waals surface area contributed by atoms with Crippen LogP contribution in [0.15, 0.2) is 23.2 Å². The second-order valence-corrected chi connectivity index (χ2v) is 4.78. The fourth-order valence-electron chi connectivity index (χ4n) is 1.26. The Balaban J connectivity index is 2.29. The van der Waals surface area contributed by atoms with Crippen LogP contribution in [-0.4, -0.2) is 12.6 Å². The summed E-state index contributed by atoms with van der Waals surface area (Å²) in [6.07, 6.45) is 0. The van der Waals surface area contributed by atoms with Crippen LogP contribution in [0.3, 0.4) is 0 Å². The standard InChI is InChI=1S/C12H16N2O2/c1-12(2,3)11(13)14-8-4-5-9-10(6-8)16-7-15-9/h4-6H,7H2,1-3H3,(H2,13,14). The van der Waals surface area contributed by atoms with Crippen molar-refractivity contribution in [2.75, 3.05) is 6.79 Å². The van der Waals surface area contributed by atoms with E-state index in [4.69, 9.17) is 15.2 Å². The molecule has 1 heterocycles. The molecule has 0 saturated carbocycles. The molecule has 0 spiro atoms. The number of nitrogens with zero attached hydrogens (tertiary/aromatic N) is 1. The van der Waals surface area contributed by atoms with Crippen LogP contribution in [0.25, 0.3) is 0 Å². The van der Waals surface area contributed by atoms with Gasteiger partial charge in [-0.2, -0.15) is 0 Å². The van der Waals surface area contributed by atoms with Crippen LogP contribution < -0.4 is 15.2 Å². The molecule has 1 aromatic carbocycles. The molecule has 1 aliphatic rings. The second kappa shape index (κ2) is 3.70. The molecule has 2 rings (SSSR count). The van der Waals surface area contributed by atoms with E-state index >= 15 is 0 Å². The highest BCUT2D eigenvalue weighted by atomic mass is 16.7. The van der Waals surface area contributed by atoms with E-state index in [1.807, 2.05) is 39.0 Å². The topological polar surface area (TPSA) is 56.8 Å². The average Bonchev–Trinajstić information content (AvgIpc) is 2.63. The van der Waals surface area contributed by atoms with Gasteiger partial charge in [-0.25, -0.2) is 4.99 Å². The number of aliphatic imine (C=N–C) groups is 1. The number of ether oxygens (including phenoxy) is 2. The molecule has 4 nitrogen and oxygen atoms in total. The maximum atomic E-state index is 5.91. The summed E-state index contributed by atoms with van der Waals surface area (Å²) in [4.78, 5) is 4.37. The van der Waals surface area contributed by atoms with Gasteiger partial charge in [0, 0.05) is 11.5 Å². The number of benzene rings is 1. The molecule has 1 aromatic rings. The lowest BCUT2D eigenvalue weighted by Gasteiger charge is -2.17. The van der Waals surface area contributed by atoms with Crippen molar-refractivity contribution in [1.82, 2.24) is 0 Å². The molecule has 0 aliphatic carbocycles. The first-order chi connectivity index (χ1) is 7.47. The molecule has 0 fully saturated rings. The van der Waals surface area contributed by atoms with Gasteiger partial charge in [0.25, 0.3) is 0 Å². The minimum Gasteiger partial charge on any atom is -0.454 e. The molecule has 0 aromatic heterocycles. The Kier molecular flexibility index (Phi) is 2.50. The van der Waals surface area contributed by atoms with E-state index in [2.05, 4.69) is 4.99 Å². The average molecular weight is 220 g/mol. The van der Waals surface area contributed by atoms with Gasteiger partial charge in [0.1, 0.15) is 5.84 Å². The highest BCUT2D eigenvalue weighted by Gasteiger charge is 2.17. The Labute approximate surface area is 95.1 Å². The Hall–Kier alpha value is -1.71. The third kappa shape index (κ3) is 2.10. The minimum absolute atomic E-state index is 0.129. The molecule has 0 amide bonds. The van der Waals surface area contributed by atoms with Gasteiger partial charge < -0.3 is 15.2 Å². The molecule has 16 heavy (non-hydrogen) atoms. The summed E-state index contributed by atoms with van der Waals surface area (Å²) in [5, 5.41) is 0. The van der Waals surface area contributed by atoms with Crippen molar-refractivity contribution >= 4 is 11.5 Å².